The van der Waals surface area contributed by atoms with Crippen molar-refractivity contribution in [3.05, 3.63) is 23.9 Å². The van der Waals surface area contributed by atoms with Gasteiger partial charge >= 0.3 is 0 Å². The average molecular weight is 391 g/mol. The first-order valence-corrected chi connectivity index (χ1v) is 10.2. The smallest absolute Gasteiger partial charge is 0.233 e. The van der Waals surface area contributed by atoms with Crippen LogP contribution in [0.4, 0.5) is 0 Å². The summed E-state index contributed by atoms with van der Waals surface area (Å²) >= 11 is 0. The topological polar surface area (TPSA) is 90.9 Å². The number of carbonyl (C=O) groups excluding carboxylic acids is 1. The quantitative estimate of drug-likeness (QED) is 0.433. The van der Waals surface area contributed by atoms with E-state index in [0.717, 1.165) is 50.4 Å². The molecule has 0 aromatic carbocycles. The van der Waals surface area contributed by atoms with E-state index in [4.69, 9.17) is 4.74 Å². The lowest BCUT2D eigenvalue weighted by molar-refractivity contribution is -0.122. The molecule has 28 heavy (non-hydrogen) atoms. The van der Waals surface area contributed by atoms with Crippen molar-refractivity contribution in [3.63, 3.8) is 0 Å². The number of pyridine rings is 1. The van der Waals surface area contributed by atoms with E-state index in [9.17, 15) is 4.79 Å². The zero-order valence-electron chi connectivity index (χ0n) is 17.3. The Morgan fingerprint density at radius 3 is 2.71 bits per heavy atom. The molecule has 0 bridgehead atoms. The molecule has 1 aromatic heterocycles. The monoisotopic (exact) mass is 390 g/mol. The lowest BCUT2D eigenvalue weighted by Crippen LogP contribution is -2.50. The van der Waals surface area contributed by atoms with Gasteiger partial charge in [0, 0.05) is 45.0 Å². The molecule has 1 fully saturated rings. The number of nitrogens with zero attached hydrogens (tertiary/aromatic N) is 3. The van der Waals surface area contributed by atoms with Crippen LogP contribution in [0.2, 0.25) is 0 Å². The minimum atomic E-state index is 0.0704. The number of aromatic nitrogens is 1. The Labute approximate surface area is 168 Å². The van der Waals surface area contributed by atoms with Crippen LogP contribution >= 0.6 is 0 Å². The highest BCUT2D eigenvalue weighted by atomic mass is 16.5. The van der Waals surface area contributed by atoms with Gasteiger partial charge in [0.2, 0.25) is 11.8 Å². The number of hydrogen-bond acceptors (Lipinski definition) is 5. The molecule has 8 heteroatoms. The Morgan fingerprint density at radius 2 is 2.11 bits per heavy atom. The number of carbonyl (C=O) groups is 1. The molecule has 2 heterocycles. The van der Waals surface area contributed by atoms with Gasteiger partial charge in [0.05, 0.1) is 19.7 Å². The van der Waals surface area contributed by atoms with Gasteiger partial charge in [-0.05, 0) is 31.7 Å². The Kier molecular flexibility index (Phi) is 9.54. The molecule has 156 valence electrons. The molecule has 1 aromatic rings. The van der Waals surface area contributed by atoms with Crippen LogP contribution in [0.15, 0.2) is 23.3 Å². The van der Waals surface area contributed by atoms with Gasteiger partial charge in [-0.2, -0.15) is 0 Å². The molecular formula is C20H34N6O2. The number of ether oxygens (including phenoxy) is 1. The van der Waals surface area contributed by atoms with E-state index in [0.29, 0.717) is 31.6 Å². The normalized spacial score (nSPS) is 15.9. The van der Waals surface area contributed by atoms with E-state index in [-0.39, 0.29) is 5.91 Å². The van der Waals surface area contributed by atoms with Crippen molar-refractivity contribution in [2.24, 2.45) is 4.99 Å². The van der Waals surface area contributed by atoms with Gasteiger partial charge in [0.15, 0.2) is 5.96 Å². The summed E-state index contributed by atoms with van der Waals surface area (Å²) in [7, 11) is 1.68. The number of hydrogen-bond donors (Lipinski definition) is 3. The van der Waals surface area contributed by atoms with Crippen molar-refractivity contribution in [2.75, 3.05) is 39.8 Å². The number of rotatable bonds is 9. The van der Waals surface area contributed by atoms with Gasteiger partial charge in [0.25, 0.3) is 0 Å². The lowest BCUT2D eigenvalue weighted by atomic mass is 10.1. The highest BCUT2D eigenvalue weighted by Crippen LogP contribution is 2.11. The minimum absolute atomic E-state index is 0.0704. The third-order valence-corrected chi connectivity index (χ3v) is 4.59. The van der Waals surface area contributed by atoms with Gasteiger partial charge in [-0.25, -0.2) is 9.98 Å². The fraction of sp³-hybridized carbons (Fsp3) is 0.650. The van der Waals surface area contributed by atoms with Gasteiger partial charge in [-0.3, -0.25) is 9.69 Å². The average Bonchev–Trinajstić information content (AvgIpc) is 2.72. The van der Waals surface area contributed by atoms with Gasteiger partial charge in [0.1, 0.15) is 0 Å². The maximum absolute atomic E-state index is 11.5. The van der Waals surface area contributed by atoms with Crippen molar-refractivity contribution in [3.8, 4) is 5.88 Å². The summed E-state index contributed by atoms with van der Waals surface area (Å²) in [6.45, 7) is 8.48. The molecule has 1 saturated heterocycles. The van der Waals surface area contributed by atoms with Crippen LogP contribution in [0, 0.1) is 0 Å². The summed E-state index contributed by atoms with van der Waals surface area (Å²) in [6, 6.07) is 4.26. The van der Waals surface area contributed by atoms with E-state index >= 15 is 0 Å². The fourth-order valence-corrected chi connectivity index (χ4v) is 3.00. The van der Waals surface area contributed by atoms with Crippen LogP contribution < -0.4 is 20.7 Å². The number of likely N-dealkylation sites (tertiary alicyclic amines) is 1. The first-order valence-electron chi connectivity index (χ1n) is 10.2. The third kappa shape index (κ3) is 7.72. The summed E-state index contributed by atoms with van der Waals surface area (Å²) in [5, 5.41) is 9.51. The van der Waals surface area contributed by atoms with Crippen molar-refractivity contribution in [1.82, 2.24) is 25.8 Å². The van der Waals surface area contributed by atoms with Crippen LogP contribution in [-0.4, -0.2) is 67.6 Å². The second kappa shape index (κ2) is 12.2. The number of amides is 1. The molecular weight excluding hydrogens is 356 g/mol. The van der Waals surface area contributed by atoms with Crippen LogP contribution in [-0.2, 0) is 11.3 Å². The van der Waals surface area contributed by atoms with E-state index in [1.54, 1.807) is 7.05 Å². The van der Waals surface area contributed by atoms with E-state index < -0.39 is 0 Å². The second-order valence-corrected chi connectivity index (χ2v) is 6.92. The number of piperidine rings is 1. The molecule has 0 atom stereocenters. The van der Waals surface area contributed by atoms with E-state index in [1.807, 2.05) is 18.3 Å². The maximum Gasteiger partial charge on any atom is 0.233 e. The number of nitrogens with one attached hydrogen (secondary N) is 3. The highest BCUT2D eigenvalue weighted by molar-refractivity contribution is 5.80. The van der Waals surface area contributed by atoms with Crippen LogP contribution in [0.25, 0.3) is 0 Å². The molecule has 0 radical (unpaired) electrons. The van der Waals surface area contributed by atoms with Crippen molar-refractivity contribution < 1.29 is 9.53 Å². The molecule has 0 spiro atoms. The first-order chi connectivity index (χ1) is 13.6. The number of guanidine groups is 1. The molecule has 2 rings (SSSR count). The highest BCUT2D eigenvalue weighted by Gasteiger charge is 2.21. The largest absolute Gasteiger partial charge is 0.478 e. The Hall–Kier alpha value is -2.35. The SMILES string of the molecule is CCCOc1ccc(CN=C(NCC)NC2CCN(CC(=O)NC)CC2)cn1. The standard InChI is InChI=1S/C20H34N6O2/c1-4-12-28-19-7-6-16(13-23-19)14-24-20(22-5-2)25-17-8-10-26(11-9-17)15-18(27)21-3/h6-7,13,17H,4-5,8-12,14-15H2,1-3H3,(H,21,27)(H2,22,24,25). The third-order valence-electron chi connectivity index (χ3n) is 4.59. The van der Waals surface area contributed by atoms with Crippen molar-refractivity contribution in [2.45, 2.75) is 45.7 Å². The fourth-order valence-electron chi connectivity index (χ4n) is 3.00. The summed E-state index contributed by atoms with van der Waals surface area (Å²) in [5.74, 6) is 1.54. The minimum Gasteiger partial charge on any atom is -0.478 e. The van der Waals surface area contributed by atoms with Crippen LogP contribution in [0.1, 0.15) is 38.7 Å². The molecule has 1 aliphatic rings. The summed E-state index contributed by atoms with van der Waals surface area (Å²) in [4.78, 5) is 22.7. The Balaban J connectivity index is 1.83. The Morgan fingerprint density at radius 1 is 1.32 bits per heavy atom. The first kappa shape index (κ1) is 21.9. The summed E-state index contributed by atoms with van der Waals surface area (Å²) in [6.07, 6.45) is 4.77. The molecule has 0 aliphatic carbocycles. The zero-order valence-corrected chi connectivity index (χ0v) is 17.3. The molecule has 1 amide bonds. The van der Waals surface area contributed by atoms with Gasteiger partial charge in [-0.1, -0.05) is 13.0 Å². The maximum atomic E-state index is 11.5. The Bertz CT molecular complexity index is 612. The molecule has 3 N–H and O–H groups in total. The van der Waals surface area contributed by atoms with Crippen molar-refractivity contribution in [1.29, 1.82) is 0 Å². The number of likely N-dealkylation sites (N-methyl/N-ethyl adjacent to an activating group) is 1. The molecule has 0 saturated carbocycles. The zero-order chi connectivity index (χ0) is 20.2. The lowest BCUT2D eigenvalue weighted by Gasteiger charge is -2.32. The van der Waals surface area contributed by atoms with E-state index in [2.05, 4.69) is 44.7 Å². The summed E-state index contributed by atoms with van der Waals surface area (Å²) < 4.78 is 5.51. The predicted molar refractivity (Wildman–Crippen MR) is 112 cm³/mol. The van der Waals surface area contributed by atoms with Crippen molar-refractivity contribution >= 4 is 11.9 Å². The molecule has 8 nitrogen and oxygen atoms in total. The summed E-state index contributed by atoms with van der Waals surface area (Å²) in [5.41, 5.74) is 1.04. The van der Waals surface area contributed by atoms with Crippen LogP contribution in [0.3, 0.4) is 0 Å². The molecule has 1 aliphatic heterocycles. The predicted octanol–water partition coefficient (Wildman–Crippen LogP) is 1.14. The van der Waals surface area contributed by atoms with E-state index in [1.165, 1.54) is 0 Å². The van der Waals surface area contributed by atoms with Crippen LogP contribution in [0.5, 0.6) is 5.88 Å². The number of aliphatic imine (C=N–C) groups is 1. The van der Waals surface area contributed by atoms with Gasteiger partial charge < -0.3 is 20.7 Å². The van der Waals surface area contributed by atoms with Gasteiger partial charge in [-0.15, -0.1) is 0 Å². The second-order valence-electron chi connectivity index (χ2n) is 6.92. The molecule has 0 unspecified atom stereocenters.